The van der Waals surface area contributed by atoms with Crippen molar-refractivity contribution < 1.29 is 0 Å². The van der Waals surface area contributed by atoms with E-state index in [2.05, 4.69) is 63.6 Å². The molecular formula is C16H20BrN3S. The van der Waals surface area contributed by atoms with Gasteiger partial charge in [-0.3, -0.25) is 4.98 Å². The lowest BCUT2D eigenvalue weighted by Gasteiger charge is -2.25. The molecule has 3 nitrogen and oxygen atoms in total. The number of rotatable bonds is 1. The summed E-state index contributed by atoms with van der Waals surface area (Å²) in [5.74, 6) is 1.15. The maximum Gasteiger partial charge on any atom is 0.0956 e. The predicted octanol–water partition coefficient (Wildman–Crippen LogP) is 4.30. The summed E-state index contributed by atoms with van der Waals surface area (Å²) < 4.78 is 1.32. The van der Waals surface area contributed by atoms with Crippen LogP contribution in [0.3, 0.4) is 0 Å². The summed E-state index contributed by atoms with van der Waals surface area (Å²) in [5, 5.41) is 1.03. The molecule has 21 heavy (non-hydrogen) atoms. The lowest BCUT2D eigenvalue weighted by Crippen LogP contribution is -2.27. The first-order chi connectivity index (χ1) is 9.96. The summed E-state index contributed by atoms with van der Waals surface area (Å²) in [4.78, 5) is 7.06. The van der Waals surface area contributed by atoms with Gasteiger partial charge in [0.25, 0.3) is 0 Å². The zero-order chi connectivity index (χ0) is 15.0. The summed E-state index contributed by atoms with van der Waals surface area (Å²) in [6.45, 7) is 6.79. The molecule has 1 fully saturated rings. The lowest BCUT2D eigenvalue weighted by atomic mass is 10.1. The van der Waals surface area contributed by atoms with Gasteiger partial charge in [-0.1, -0.05) is 13.8 Å². The number of nitrogen functional groups attached to an aromatic ring is 1. The average Bonchev–Trinajstić information content (AvgIpc) is 2.61. The Hall–Kier alpha value is -0.940. The Morgan fingerprint density at radius 2 is 2.14 bits per heavy atom. The number of nitrogens with zero attached hydrogens (tertiary/aromatic N) is 2. The Bertz CT molecular complexity index is 672. The van der Waals surface area contributed by atoms with Gasteiger partial charge in [0.1, 0.15) is 0 Å². The minimum atomic E-state index is 0.356. The van der Waals surface area contributed by atoms with Crippen LogP contribution in [0.25, 0.3) is 10.9 Å². The molecule has 0 amide bonds. The number of pyridine rings is 1. The highest BCUT2D eigenvalue weighted by Gasteiger charge is 2.24. The highest BCUT2D eigenvalue weighted by Crippen LogP contribution is 2.35. The quantitative estimate of drug-likeness (QED) is 0.764. The minimum Gasteiger partial charge on any atom is -0.398 e. The molecule has 1 aromatic carbocycles. The molecule has 0 saturated carbocycles. The van der Waals surface area contributed by atoms with Gasteiger partial charge in [0.05, 0.1) is 11.2 Å². The molecule has 112 valence electrons. The SMILES string of the molecule is CC1(C)CCN(c2ccc(N)c3cc(Br)cnc23)CCS1. The molecule has 5 heteroatoms. The number of fused-ring (bicyclic) bond motifs is 1. The van der Waals surface area contributed by atoms with Gasteiger partial charge in [-0.05, 0) is 40.5 Å². The summed E-state index contributed by atoms with van der Waals surface area (Å²) in [6, 6.07) is 6.16. The Kier molecular flexibility index (Phi) is 4.06. The van der Waals surface area contributed by atoms with Crippen LogP contribution in [-0.4, -0.2) is 28.6 Å². The average molecular weight is 366 g/mol. The third-order valence-electron chi connectivity index (χ3n) is 4.01. The zero-order valence-electron chi connectivity index (χ0n) is 12.4. The van der Waals surface area contributed by atoms with Crippen LogP contribution in [0, 0.1) is 0 Å². The first-order valence-electron chi connectivity index (χ1n) is 7.19. The van der Waals surface area contributed by atoms with Gasteiger partial charge in [0.15, 0.2) is 0 Å². The van der Waals surface area contributed by atoms with Crippen molar-refractivity contribution >= 4 is 50.0 Å². The van der Waals surface area contributed by atoms with Crippen molar-refractivity contribution in [2.24, 2.45) is 0 Å². The molecule has 1 aromatic heterocycles. The van der Waals surface area contributed by atoms with Crippen molar-refractivity contribution in [2.75, 3.05) is 29.5 Å². The molecule has 1 aliphatic heterocycles. The van der Waals surface area contributed by atoms with E-state index in [4.69, 9.17) is 5.73 Å². The second kappa shape index (κ2) is 5.69. The van der Waals surface area contributed by atoms with Gasteiger partial charge in [-0.2, -0.15) is 11.8 Å². The van der Waals surface area contributed by atoms with Gasteiger partial charge < -0.3 is 10.6 Å². The van der Waals surface area contributed by atoms with Crippen LogP contribution >= 0.6 is 27.7 Å². The number of thioether (sulfide) groups is 1. The highest BCUT2D eigenvalue weighted by atomic mass is 79.9. The Labute approximate surface area is 138 Å². The van der Waals surface area contributed by atoms with E-state index in [0.717, 1.165) is 39.9 Å². The summed E-state index contributed by atoms with van der Waals surface area (Å²) in [5.41, 5.74) is 9.10. The van der Waals surface area contributed by atoms with Crippen molar-refractivity contribution in [1.29, 1.82) is 0 Å². The summed E-state index contributed by atoms with van der Waals surface area (Å²) in [6.07, 6.45) is 3.03. The van der Waals surface area contributed by atoms with Gasteiger partial charge in [-0.15, -0.1) is 0 Å². The molecule has 1 saturated heterocycles. The molecule has 0 radical (unpaired) electrons. The van der Waals surface area contributed by atoms with Gasteiger partial charge in [0.2, 0.25) is 0 Å². The van der Waals surface area contributed by atoms with Gasteiger partial charge >= 0.3 is 0 Å². The molecule has 0 bridgehead atoms. The molecule has 1 aliphatic rings. The molecule has 3 rings (SSSR count). The maximum absolute atomic E-state index is 6.11. The smallest absolute Gasteiger partial charge is 0.0956 e. The van der Waals surface area contributed by atoms with Crippen molar-refractivity contribution in [3.05, 3.63) is 28.9 Å². The number of benzene rings is 1. The van der Waals surface area contributed by atoms with Crippen molar-refractivity contribution in [2.45, 2.75) is 25.0 Å². The van der Waals surface area contributed by atoms with Crippen LogP contribution in [0.2, 0.25) is 0 Å². The molecule has 0 atom stereocenters. The number of hydrogen-bond acceptors (Lipinski definition) is 4. The molecule has 0 aliphatic carbocycles. The normalized spacial score (nSPS) is 18.7. The van der Waals surface area contributed by atoms with Crippen LogP contribution < -0.4 is 10.6 Å². The zero-order valence-corrected chi connectivity index (χ0v) is 14.8. The van der Waals surface area contributed by atoms with Gasteiger partial charge in [-0.25, -0.2) is 0 Å². The summed E-state index contributed by atoms with van der Waals surface area (Å²) >= 11 is 5.54. The first-order valence-corrected chi connectivity index (χ1v) is 8.97. The van der Waals surface area contributed by atoms with Crippen LogP contribution in [0.15, 0.2) is 28.9 Å². The van der Waals surface area contributed by atoms with E-state index in [1.54, 1.807) is 0 Å². The van der Waals surface area contributed by atoms with E-state index in [1.807, 2.05) is 12.3 Å². The second-order valence-corrected chi connectivity index (χ2v) is 8.79. The maximum atomic E-state index is 6.11. The fourth-order valence-corrected chi connectivity index (χ4v) is 4.15. The van der Waals surface area contributed by atoms with E-state index in [9.17, 15) is 0 Å². The molecular weight excluding hydrogens is 346 g/mol. The highest BCUT2D eigenvalue weighted by molar-refractivity contribution is 9.10. The van der Waals surface area contributed by atoms with E-state index in [-0.39, 0.29) is 0 Å². The van der Waals surface area contributed by atoms with Crippen molar-refractivity contribution in [3.63, 3.8) is 0 Å². The van der Waals surface area contributed by atoms with Crippen LogP contribution in [0.4, 0.5) is 11.4 Å². The molecule has 2 heterocycles. The Morgan fingerprint density at radius 1 is 1.33 bits per heavy atom. The van der Waals surface area contributed by atoms with Crippen molar-refractivity contribution in [1.82, 2.24) is 4.98 Å². The topological polar surface area (TPSA) is 42.1 Å². The van der Waals surface area contributed by atoms with Gasteiger partial charge in [0, 0.05) is 45.3 Å². The minimum absolute atomic E-state index is 0.356. The largest absolute Gasteiger partial charge is 0.398 e. The van der Waals surface area contributed by atoms with Crippen LogP contribution in [-0.2, 0) is 0 Å². The molecule has 0 unspecified atom stereocenters. The van der Waals surface area contributed by atoms with E-state index in [1.165, 1.54) is 12.1 Å². The predicted molar refractivity (Wildman–Crippen MR) is 97.2 cm³/mol. The lowest BCUT2D eigenvalue weighted by molar-refractivity contribution is 0.638. The number of nitrogens with two attached hydrogens (primary N) is 1. The molecule has 2 aromatic rings. The van der Waals surface area contributed by atoms with Crippen LogP contribution in [0.1, 0.15) is 20.3 Å². The number of aromatic nitrogens is 1. The van der Waals surface area contributed by atoms with E-state index >= 15 is 0 Å². The second-order valence-electron chi connectivity index (χ2n) is 6.07. The third-order valence-corrected chi connectivity index (χ3v) is 5.81. The standard InChI is InChI=1S/C16H20BrN3S/c1-16(2)5-6-20(7-8-21-16)14-4-3-13(18)12-9-11(17)10-19-15(12)14/h3-4,9-10H,5-8,18H2,1-2H3. The molecule has 0 spiro atoms. The Balaban J connectivity index is 2.02. The third kappa shape index (κ3) is 3.14. The van der Waals surface area contributed by atoms with E-state index in [0.29, 0.717) is 4.75 Å². The Morgan fingerprint density at radius 3 is 2.95 bits per heavy atom. The number of anilines is 2. The monoisotopic (exact) mass is 365 g/mol. The van der Waals surface area contributed by atoms with Crippen molar-refractivity contribution in [3.8, 4) is 0 Å². The van der Waals surface area contributed by atoms with E-state index < -0.39 is 0 Å². The summed E-state index contributed by atoms with van der Waals surface area (Å²) in [7, 11) is 0. The van der Waals surface area contributed by atoms with Crippen LogP contribution in [0.5, 0.6) is 0 Å². The number of hydrogen-bond donors (Lipinski definition) is 1. The number of halogens is 1. The first kappa shape index (κ1) is 15.0. The molecule has 2 N–H and O–H groups in total. The fourth-order valence-electron chi connectivity index (χ4n) is 2.72. The fraction of sp³-hybridized carbons (Fsp3) is 0.438.